The van der Waals surface area contributed by atoms with Gasteiger partial charge in [-0.3, -0.25) is 9.78 Å². The van der Waals surface area contributed by atoms with E-state index in [1.807, 2.05) is 90.0 Å². The molecule has 5 heterocycles. The minimum atomic E-state index is -0.880. The van der Waals surface area contributed by atoms with Gasteiger partial charge in [-0.05, 0) is 91.9 Å². The topological polar surface area (TPSA) is 98.9 Å². The number of likely N-dealkylation sites (tertiary alicyclic amines) is 1. The highest BCUT2D eigenvalue weighted by Crippen LogP contribution is 2.36. The fourth-order valence-corrected chi connectivity index (χ4v) is 6.55. The van der Waals surface area contributed by atoms with E-state index in [9.17, 15) is 9.90 Å². The maximum absolute atomic E-state index is 13.4. The molecule has 2 aliphatic heterocycles. The number of hydrogen-bond acceptors (Lipinski definition) is 7. The molecule has 2 fully saturated rings. The van der Waals surface area contributed by atoms with Crippen LogP contribution in [0.1, 0.15) is 47.3 Å². The van der Waals surface area contributed by atoms with Crippen molar-refractivity contribution in [3.63, 3.8) is 0 Å². The highest BCUT2D eigenvalue weighted by molar-refractivity contribution is 6.30. The number of halogens is 1. The molecule has 224 valence electrons. The van der Waals surface area contributed by atoms with Gasteiger partial charge in [-0.2, -0.15) is 4.98 Å². The third-order valence-corrected chi connectivity index (χ3v) is 9.10. The summed E-state index contributed by atoms with van der Waals surface area (Å²) in [6, 6.07) is 25.1. The molecule has 1 amide bonds. The van der Waals surface area contributed by atoms with Gasteiger partial charge >= 0.3 is 0 Å². The van der Waals surface area contributed by atoms with E-state index in [1.165, 1.54) is 0 Å². The zero-order chi connectivity index (χ0) is 30.1. The predicted molar refractivity (Wildman–Crippen MR) is 172 cm³/mol. The van der Waals surface area contributed by atoms with Gasteiger partial charge in [0.1, 0.15) is 0 Å². The zero-order valence-electron chi connectivity index (χ0n) is 24.3. The van der Waals surface area contributed by atoms with E-state index in [0.717, 1.165) is 54.1 Å². The summed E-state index contributed by atoms with van der Waals surface area (Å²) < 4.78 is 1.77. The van der Waals surface area contributed by atoms with Crippen LogP contribution in [0, 0.1) is 0 Å². The van der Waals surface area contributed by atoms with E-state index < -0.39 is 5.60 Å². The van der Waals surface area contributed by atoms with Gasteiger partial charge in [0.05, 0.1) is 11.3 Å². The number of nitrogens with one attached hydrogen (secondary N) is 1. The maximum Gasteiger partial charge on any atom is 0.254 e. The standard InChI is InChI=1S/C34H34ClN7O2/c35-26-12-10-25(11-13-26)34(44)16-21-40(22-17-34)30-7-4-20-42-31(30)38-33(39-42)37-27-14-8-24(9-15-27)32(43)41-19-3-6-29(41)23-28-5-1-2-18-36-28/h1-2,4-5,7-15,18,20,29,44H,3,6,16-17,19,21-23H2,(H,37,39). The first-order valence-corrected chi connectivity index (χ1v) is 15.5. The number of benzene rings is 2. The van der Waals surface area contributed by atoms with Gasteiger partial charge in [-0.15, -0.1) is 5.10 Å². The number of pyridine rings is 2. The third-order valence-electron chi connectivity index (χ3n) is 8.85. The van der Waals surface area contributed by atoms with Gasteiger partial charge in [0.25, 0.3) is 5.91 Å². The lowest BCUT2D eigenvalue weighted by molar-refractivity contribution is 0.0118. The number of rotatable bonds is 7. The van der Waals surface area contributed by atoms with Crippen molar-refractivity contribution in [3.05, 3.63) is 113 Å². The monoisotopic (exact) mass is 607 g/mol. The Hall–Kier alpha value is -4.47. The number of piperidine rings is 1. The van der Waals surface area contributed by atoms with Crippen LogP contribution in [0.2, 0.25) is 5.02 Å². The van der Waals surface area contributed by atoms with Gasteiger partial charge in [0, 0.05) is 66.5 Å². The largest absolute Gasteiger partial charge is 0.385 e. The summed E-state index contributed by atoms with van der Waals surface area (Å²) in [4.78, 5) is 26.9. The summed E-state index contributed by atoms with van der Waals surface area (Å²) in [5, 5.41) is 19.9. The lowest BCUT2D eigenvalue weighted by Crippen LogP contribution is -2.42. The summed E-state index contributed by atoms with van der Waals surface area (Å²) in [6.07, 6.45) is 7.65. The SMILES string of the molecule is O=C(c1ccc(Nc2nc3c(N4CCC(O)(c5ccc(Cl)cc5)CC4)cccn3n2)cc1)N1CCCC1Cc1ccccn1. The third kappa shape index (κ3) is 5.73. The molecule has 1 unspecified atom stereocenters. The molecular weight excluding hydrogens is 574 g/mol. The number of carbonyl (C=O) groups excluding carboxylic acids is 1. The number of aromatic nitrogens is 4. The van der Waals surface area contributed by atoms with Gasteiger partial charge in [-0.1, -0.05) is 29.8 Å². The number of carbonyl (C=O) groups is 1. The molecule has 10 heteroatoms. The van der Waals surface area contributed by atoms with Crippen LogP contribution in [0.5, 0.6) is 0 Å². The first-order valence-electron chi connectivity index (χ1n) is 15.1. The van der Waals surface area contributed by atoms with E-state index in [0.29, 0.717) is 42.5 Å². The smallest absolute Gasteiger partial charge is 0.254 e. The van der Waals surface area contributed by atoms with Crippen LogP contribution in [-0.4, -0.2) is 61.2 Å². The molecule has 0 bridgehead atoms. The van der Waals surface area contributed by atoms with Crippen molar-refractivity contribution in [3.8, 4) is 0 Å². The lowest BCUT2D eigenvalue weighted by atomic mass is 9.84. The van der Waals surface area contributed by atoms with E-state index in [2.05, 4.69) is 20.3 Å². The minimum Gasteiger partial charge on any atom is -0.385 e. The lowest BCUT2D eigenvalue weighted by Gasteiger charge is -2.39. The normalized spacial score (nSPS) is 18.1. The molecule has 0 aliphatic carbocycles. The molecule has 2 N–H and O–H groups in total. The van der Waals surface area contributed by atoms with Gasteiger partial charge < -0.3 is 20.2 Å². The van der Waals surface area contributed by atoms with Gasteiger partial charge in [-0.25, -0.2) is 4.52 Å². The van der Waals surface area contributed by atoms with Crippen LogP contribution in [0.15, 0.2) is 91.3 Å². The van der Waals surface area contributed by atoms with Crippen molar-refractivity contribution in [1.29, 1.82) is 0 Å². The Bertz CT molecular complexity index is 1750. The van der Waals surface area contributed by atoms with E-state index >= 15 is 0 Å². The van der Waals surface area contributed by atoms with Crippen LogP contribution in [0.25, 0.3) is 5.65 Å². The van der Waals surface area contributed by atoms with E-state index in [1.54, 1.807) is 10.7 Å². The van der Waals surface area contributed by atoms with Crippen LogP contribution in [0.3, 0.4) is 0 Å². The molecule has 44 heavy (non-hydrogen) atoms. The van der Waals surface area contributed by atoms with Gasteiger partial charge in [0.2, 0.25) is 5.95 Å². The molecule has 3 aromatic heterocycles. The maximum atomic E-state index is 13.4. The number of fused-ring (bicyclic) bond motifs is 1. The average Bonchev–Trinajstić information content (AvgIpc) is 3.69. The van der Waals surface area contributed by atoms with E-state index in [-0.39, 0.29) is 11.9 Å². The molecule has 5 aromatic rings. The molecular formula is C34H34ClN7O2. The van der Waals surface area contributed by atoms with Crippen molar-refractivity contribution in [2.75, 3.05) is 29.9 Å². The number of nitrogens with zero attached hydrogens (tertiary/aromatic N) is 6. The molecule has 0 radical (unpaired) electrons. The quantitative estimate of drug-likeness (QED) is 0.239. The summed E-state index contributed by atoms with van der Waals surface area (Å²) in [7, 11) is 0. The fourth-order valence-electron chi connectivity index (χ4n) is 6.42. The van der Waals surface area contributed by atoms with E-state index in [4.69, 9.17) is 16.6 Å². The molecule has 0 spiro atoms. The molecule has 0 saturated carbocycles. The highest BCUT2D eigenvalue weighted by atomic mass is 35.5. The second kappa shape index (κ2) is 11.9. The van der Waals surface area contributed by atoms with Crippen molar-refractivity contribution in [2.45, 2.75) is 43.7 Å². The Morgan fingerprint density at radius 2 is 1.77 bits per heavy atom. The van der Waals surface area contributed by atoms with Crippen LogP contribution >= 0.6 is 11.6 Å². The molecule has 1 atom stereocenters. The summed E-state index contributed by atoms with van der Waals surface area (Å²) >= 11 is 6.05. The molecule has 2 saturated heterocycles. The van der Waals surface area contributed by atoms with Crippen molar-refractivity contribution < 1.29 is 9.90 Å². The van der Waals surface area contributed by atoms with Crippen molar-refractivity contribution >= 4 is 40.5 Å². The highest BCUT2D eigenvalue weighted by Gasteiger charge is 2.35. The van der Waals surface area contributed by atoms with Crippen molar-refractivity contribution in [1.82, 2.24) is 24.5 Å². The van der Waals surface area contributed by atoms with Crippen LogP contribution < -0.4 is 10.2 Å². The average molecular weight is 608 g/mol. The number of hydrogen-bond donors (Lipinski definition) is 2. The number of anilines is 3. The van der Waals surface area contributed by atoms with Gasteiger partial charge in [0.15, 0.2) is 5.65 Å². The molecule has 2 aromatic carbocycles. The first-order chi connectivity index (χ1) is 21.4. The van der Waals surface area contributed by atoms with Crippen LogP contribution in [-0.2, 0) is 12.0 Å². The summed E-state index contributed by atoms with van der Waals surface area (Å²) in [6.45, 7) is 2.13. The predicted octanol–water partition coefficient (Wildman–Crippen LogP) is 5.86. The second-order valence-corrected chi connectivity index (χ2v) is 12.1. The Kier molecular flexibility index (Phi) is 7.66. The molecule has 9 nitrogen and oxygen atoms in total. The summed E-state index contributed by atoms with van der Waals surface area (Å²) in [5.41, 5.74) is 4.21. The molecule has 2 aliphatic rings. The molecule has 7 rings (SSSR count). The second-order valence-electron chi connectivity index (χ2n) is 11.6. The van der Waals surface area contributed by atoms with Crippen LogP contribution in [0.4, 0.5) is 17.3 Å². The Balaban J connectivity index is 1.02. The Morgan fingerprint density at radius 3 is 2.52 bits per heavy atom. The fraction of sp³-hybridized carbons (Fsp3) is 0.294. The zero-order valence-corrected chi connectivity index (χ0v) is 25.1. The number of amides is 1. The summed E-state index contributed by atoms with van der Waals surface area (Å²) in [5.74, 6) is 0.524. The minimum absolute atomic E-state index is 0.0509. The Labute approximate surface area is 261 Å². The number of aliphatic hydroxyl groups is 1. The van der Waals surface area contributed by atoms with Crippen molar-refractivity contribution in [2.24, 2.45) is 0 Å². The Morgan fingerprint density at radius 1 is 0.977 bits per heavy atom. The first kappa shape index (κ1) is 28.3.